The molecule has 1 atom stereocenters. The van der Waals surface area contributed by atoms with E-state index in [0.717, 1.165) is 0 Å². The molecule has 4 heteroatoms. The van der Waals surface area contributed by atoms with E-state index in [2.05, 4.69) is 57.7 Å². The summed E-state index contributed by atoms with van der Waals surface area (Å²) in [5, 5.41) is 0. The SMILES string of the molecule is CC1=Cc2ccccc2[CH]1[Ti+3].[I-].[I-].[I-]. The van der Waals surface area contributed by atoms with E-state index in [1.165, 1.54) is 16.7 Å². The van der Waals surface area contributed by atoms with E-state index in [-0.39, 0.29) is 71.9 Å². The van der Waals surface area contributed by atoms with Crippen LogP contribution in [0.4, 0.5) is 0 Å². The van der Waals surface area contributed by atoms with Gasteiger partial charge < -0.3 is 71.9 Å². The van der Waals surface area contributed by atoms with Crippen molar-refractivity contribution < 1.29 is 92.4 Å². The van der Waals surface area contributed by atoms with Gasteiger partial charge in [-0.25, -0.2) is 0 Å². The molecule has 1 aromatic rings. The average Bonchev–Trinajstić information content (AvgIpc) is 2.30. The van der Waals surface area contributed by atoms with Gasteiger partial charge in [0.05, 0.1) is 0 Å². The summed E-state index contributed by atoms with van der Waals surface area (Å²) < 4.78 is 0.631. The van der Waals surface area contributed by atoms with Crippen molar-refractivity contribution in [3.63, 3.8) is 0 Å². The summed E-state index contributed by atoms with van der Waals surface area (Å²) in [6.07, 6.45) is 2.28. The molecule has 0 radical (unpaired) electrons. The summed E-state index contributed by atoms with van der Waals surface area (Å²) in [5.74, 6) is 0. The van der Waals surface area contributed by atoms with Crippen molar-refractivity contribution in [1.29, 1.82) is 0 Å². The molecule has 1 aromatic carbocycles. The van der Waals surface area contributed by atoms with Crippen LogP contribution in [0, 0.1) is 0 Å². The van der Waals surface area contributed by atoms with E-state index in [1.54, 1.807) is 0 Å². The quantitative estimate of drug-likeness (QED) is 0.220. The first-order chi connectivity index (χ1) is 5.29. The zero-order valence-electron chi connectivity index (χ0n) is 7.60. The van der Waals surface area contributed by atoms with Gasteiger partial charge in [-0.1, -0.05) is 0 Å². The van der Waals surface area contributed by atoms with Gasteiger partial charge >= 0.3 is 78.6 Å². The van der Waals surface area contributed by atoms with E-state index < -0.39 is 0 Å². The van der Waals surface area contributed by atoms with Gasteiger partial charge in [0.15, 0.2) is 0 Å². The van der Waals surface area contributed by atoms with E-state index >= 15 is 0 Å². The van der Waals surface area contributed by atoms with Crippen LogP contribution in [0.2, 0.25) is 0 Å². The monoisotopic (exact) mass is 558 g/mol. The summed E-state index contributed by atoms with van der Waals surface area (Å²) >= 11 is 2.26. The molecule has 0 aromatic heterocycles. The van der Waals surface area contributed by atoms with Crippen molar-refractivity contribution in [3.8, 4) is 0 Å². The van der Waals surface area contributed by atoms with Crippen LogP contribution in [0.3, 0.4) is 0 Å². The van der Waals surface area contributed by atoms with E-state index in [0.29, 0.717) is 4.22 Å². The molecule has 0 saturated carbocycles. The smallest absolute Gasteiger partial charge is 1.00 e. The van der Waals surface area contributed by atoms with E-state index in [9.17, 15) is 0 Å². The molecule has 74 valence electrons. The number of fused-ring (bicyclic) bond motifs is 1. The fraction of sp³-hybridized carbons (Fsp3) is 0.200. The second kappa shape index (κ2) is 8.03. The van der Waals surface area contributed by atoms with Gasteiger partial charge in [-0.15, -0.1) is 0 Å². The standard InChI is InChI=1S/C10H9.3HI.Ti/c1-8-6-9-4-2-3-5-10(9)7-8;;;;/h2-7H,1H3;3*1H;/q;;;;+3/p-3. The Morgan fingerprint density at radius 3 is 2.21 bits per heavy atom. The molecule has 0 amide bonds. The van der Waals surface area contributed by atoms with Crippen LogP contribution in [0.5, 0.6) is 0 Å². The Bertz CT molecular complexity index is 323. The minimum Gasteiger partial charge on any atom is -1.00 e. The van der Waals surface area contributed by atoms with Crippen LogP contribution < -0.4 is 71.9 Å². The third-order valence-corrected chi connectivity index (χ3v) is 3.34. The van der Waals surface area contributed by atoms with Crippen molar-refractivity contribution in [3.05, 3.63) is 41.0 Å². The second-order valence-electron chi connectivity index (χ2n) is 2.95. The van der Waals surface area contributed by atoms with E-state index in [4.69, 9.17) is 0 Å². The molecular formula is C10H9I3Ti. The Hall–Kier alpha value is 1.86. The molecule has 1 aliphatic carbocycles. The molecule has 0 bridgehead atoms. The van der Waals surface area contributed by atoms with Gasteiger partial charge in [0.1, 0.15) is 0 Å². The van der Waals surface area contributed by atoms with Crippen molar-refractivity contribution in [2.45, 2.75) is 11.1 Å². The topological polar surface area (TPSA) is 0 Å². The minimum absolute atomic E-state index is 0. The largest absolute Gasteiger partial charge is 1.00 e. The first kappa shape index (κ1) is 18.2. The second-order valence-corrected chi connectivity index (χ2v) is 3.85. The minimum atomic E-state index is 0. The van der Waals surface area contributed by atoms with Gasteiger partial charge in [-0.3, -0.25) is 0 Å². The Kier molecular flexibility index (Phi) is 10.5. The van der Waals surface area contributed by atoms with Gasteiger partial charge in [0, 0.05) is 0 Å². The molecule has 0 heterocycles. The van der Waals surface area contributed by atoms with Crippen molar-refractivity contribution in [1.82, 2.24) is 0 Å². The van der Waals surface area contributed by atoms with Crippen LogP contribution in [0.1, 0.15) is 22.3 Å². The number of halogens is 3. The maximum absolute atomic E-state index is 2.28. The molecule has 0 spiro atoms. The Morgan fingerprint density at radius 1 is 1.07 bits per heavy atom. The average molecular weight is 558 g/mol. The molecule has 14 heavy (non-hydrogen) atoms. The summed E-state index contributed by atoms with van der Waals surface area (Å²) in [4.78, 5) is 0. The van der Waals surface area contributed by atoms with Gasteiger partial charge in [-0.2, -0.15) is 0 Å². The maximum Gasteiger partial charge on any atom is -1.00 e. The molecule has 1 unspecified atom stereocenters. The molecule has 0 nitrogen and oxygen atoms in total. The normalized spacial score (nSPS) is 16.8. The molecule has 2 rings (SSSR count). The molecule has 0 aliphatic heterocycles. The Balaban J connectivity index is 0. The van der Waals surface area contributed by atoms with Crippen LogP contribution in [0.25, 0.3) is 6.08 Å². The number of allylic oxidation sites excluding steroid dienone is 1. The van der Waals surface area contributed by atoms with Crippen LogP contribution >= 0.6 is 0 Å². The fourth-order valence-electron chi connectivity index (χ4n) is 1.48. The summed E-state index contributed by atoms with van der Waals surface area (Å²) in [5.41, 5.74) is 4.36. The predicted octanol–water partition coefficient (Wildman–Crippen LogP) is -6.30. The van der Waals surface area contributed by atoms with Crippen molar-refractivity contribution >= 4 is 6.08 Å². The zero-order valence-corrected chi connectivity index (χ0v) is 15.6. The first-order valence-corrected chi connectivity index (χ1v) is 4.67. The van der Waals surface area contributed by atoms with Crippen molar-refractivity contribution in [2.75, 3.05) is 0 Å². The maximum atomic E-state index is 2.28. The first-order valence-electron chi connectivity index (χ1n) is 3.77. The van der Waals surface area contributed by atoms with E-state index in [1.807, 2.05) is 0 Å². The summed E-state index contributed by atoms with van der Waals surface area (Å²) in [6, 6.07) is 8.61. The van der Waals surface area contributed by atoms with Gasteiger partial charge in [-0.05, 0) is 0 Å². The molecule has 0 fully saturated rings. The third-order valence-electron chi connectivity index (χ3n) is 2.15. The molecule has 0 saturated heterocycles. The van der Waals surface area contributed by atoms with Gasteiger partial charge in [0.25, 0.3) is 0 Å². The Morgan fingerprint density at radius 2 is 1.64 bits per heavy atom. The molecule has 0 N–H and O–H groups in total. The van der Waals surface area contributed by atoms with Crippen LogP contribution in [-0.4, -0.2) is 0 Å². The zero-order chi connectivity index (χ0) is 7.84. The molecule has 1 aliphatic rings. The number of rotatable bonds is 0. The fourth-order valence-corrected chi connectivity index (χ4v) is 2.02. The summed E-state index contributed by atoms with van der Waals surface area (Å²) in [7, 11) is 0. The van der Waals surface area contributed by atoms with Crippen molar-refractivity contribution in [2.24, 2.45) is 0 Å². The Labute approximate surface area is 148 Å². The number of hydrogen-bond donors (Lipinski definition) is 0. The predicted molar refractivity (Wildman–Crippen MR) is 42.8 cm³/mol. The number of hydrogen-bond acceptors (Lipinski definition) is 0. The third kappa shape index (κ3) is 3.71. The van der Waals surface area contributed by atoms with Crippen LogP contribution in [-0.2, 0) is 20.4 Å². The number of benzene rings is 1. The molecular weight excluding hydrogens is 549 g/mol. The van der Waals surface area contributed by atoms with Crippen LogP contribution in [0.15, 0.2) is 29.8 Å². The van der Waals surface area contributed by atoms with Gasteiger partial charge in [0.2, 0.25) is 0 Å². The summed E-state index contributed by atoms with van der Waals surface area (Å²) in [6.45, 7) is 2.20.